The Morgan fingerprint density at radius 1 is 1.24 bits per heavy atom. The van der Waals surface area contributed by atoms with E-state index < -0.39 is 17.3 Å². The molecule has 0 spiro atoms. The van der Waals surface area contributed by atoms with Gasteiger partial charge in [-0.05, 0) is 6.07 Å². The lowest BCUT2D eigenvalue weighted by atomic mass is 10.1. The minimum atomic E-state index is -0.993. The van der Waals surface area contributed by atoms with E-state index >= 15 is 0 Å². The van der Waals surface area contributed by atoms with Crippen LogP contribution in [0.3, 0.4) is 0 Å². The molecule has 1 aromatic rings. The number of methoxy groups -OCH3 is 3. The lowest BCUT2D eigenvalue weighted by Gasteiger charge is -2.13. The fourth-order valence-corrected chi connectivity index (χ4v) is 1.49. The smallest absolute Gasteiger partial charge is 0.320 e. The molecule has 0 fully saturated rings. The highest BCUT2D eigenvalue weighted by atomic mass is 19.1. The number of halogens is 1. The van der Waals surface area contributed by atoms with Crippen LogP contribution in [0.4, 0.5) is 10.1 Å². The quantitative estimate of drug-likeness (QED) is 0.586. The first kappa shape index (κ1) is 13.0. The van der Waals surface area contributed by atoms with Gasteiger partial charge in [0, 0.05) is 0 Å². The Bertz CT molecular complexity index is 435. The van der Waals surface area contributed by atoms with Gasteiger partial charge in [-0.1, -0.05) is 0 Å². The second-order valence-electron chi connectivity index (χ2n) is 3.04. The molecule has 0 saturated carbocycles. The van der Waals surface area contributed by atoms with Crippen molar-refractivity contribution in [2.24, 2.45) is 0 Å². The van der Waals surface area contributed by atoms with Gasteiger partial charge in [0.15, 0.2) is 5.75 Å². The fourth-order valence-electron chi connectivity index (χ4n) is 1.49. The number of hydrogen-bond acceptors (Lipinski definition) is 5. The van der Waals surface area contributed by atoms with Crippen LogP contribution in [0.25, 0.3) is 0 Å². The van der Waals surface area contributed by atoms with Crippen LogP contribution in [0, 0.1) is 10.1 Å². The summed E-state index contributed by atoms with van der Waals surface area (Å²) in [6.45, 7) is -0.993. The number of nitrogens with zero attached hydrogens (tertiary/aromatic N) is 1. The van der Waals surface area contributed by atoms with Gasteiger partial charge in [0.2, 0.25) is 11.5 Å². The standard InChI is InChI=1S/C10H12FNO5/c1-15-7-4-6(5-11)8(12(13)14)10(17-3)9(7)16-2/h4H,5H2,1-3H3. The number of alkyl halides is 1. The molecule has 17 heavy (non-hydrogen) atoms. The molecule has 0 amide bonds. The maximum atomic E-state index is 12.8. The van der Waals surface area contributed by atoms with E-state index in [9.17, 15) is 14.5 Å². The summed E-state index contributed by atoms with van der Waals surface area (Å²) in [5.41, 5.74) is -0.572. The average molecular weight is 245 g/mol. The summed E-state index contributed by atoms with van der Waals surface area (Å²) in [6, 6.07) is 1.22. The van der Waals surface area contributed by atoms with E-state index in [4.69, 9.17) is 14.2 Å². The molecule has 0 atom stereocenters. The molecule has 1 aromatic carbocycles. The van der Waals surface area contributed by atoms with Gasteiger partial charge in [-0.15, -0.1) is 0 Å². The fraction of sp³-hybridized carbons (Fsp3) is 0.400. The minimum Gasteiger partial charge on any atom is -0.493 e. The van der Waals surface area contributed by atoms with Gasteiger partial charge in [0.05, 0.1) is 31.8 Å². The normalized spacial score (nSPS) is 9.88. The maximum Gasteiger partial charge on any atom is 0.320 e. The van der Waals surface area contributed by atoms with Crippen molar-refractivity contribution in [2.45, 2.75) is 6.67 Å². The van der Waals surface area contributed by atoms with E-state index in [0.29, 0.717) is 0 Å². The Hall–Kier alpha value is -2.05. The molecular weight excluding hydrogens is 233 g/mol. The van der Waals surface area contributed by atoms with E-state index in [1.165, 1.54) is 27.4 Å². The molecule has 0 unspecified atom stereocenters. The van der Waals surface area contributed by atoms with Gasteiger partial charge < -0.3 is 14.2 Å². The largest absolute Gasteiger partial charge is 0.493 e. The molecule has 6 nitrogen and oxygen atoms in total. The molecule has 0 N–H and O–H groups in total. The predicted octanol–water partition coefficient (Wildman–Crippen LogP) is 2.09. The number of rotatable bonds is 5. The number of hydrogen-bond donors (Lipinski definition) is 0. The first-order valence-electron chi connectivity index (χ1n) is 4.62. The minimum absolute atomic E-state index is 0.0684. The molecule has 0 bridgehead atoms. The third-order valence-corrected chi connectivity index (χ3v) is 2.21. The molecule has 0 heterocycles. The third-order valence-electron chi connectivity index (χ3n) is 2.21. The molecule has 0 aliphatic heterocycles. The van der Waals surface area contributed by atoms with Crippen molar-refractivity contribution < 1.29 is 23.5 Å². The van der Waals surface area contributed by atoms with Crippen LogP contribution in [-0.4, -0.2) is 26.3 Å². The van der Waals surface area contributed by atoms with Crippen LogP contribution in [-0.2, 0) is 6.67 Å². The van der Waals surface area contributed by atoms with Gasteiger partial charge in [-0.3, -0.25) is 10.1 Å². The van der Waals surface area contributed by atoms with Crippen LogP contribution in [0.5, 0.6) is 17.2 Å². The van der Waals surface area contributed by atoms with Crippen molar-refractivity contribution >= 4 is 5.69 Å². The van der Waals surface area contributed by atoms with Gasteiger partial charge in [0.25, 0.3) is 0 Å². The summed E-state index contributed by atoms with van der Waals surface area (Å²) >= 11 is 0. The van der Waals surface area contributed by atoms with Crippen molar-refractivity contribution in [3.63, 3.8) is 0 Å². The van der Waals surface area contributed by atoms with E-state index in [-0.39, 0.29) is 22.8 Å². The van der Waals surface area contributed by atoms with Crippen molar-refractivity contribution in [1.29, 1.82) is 0 Å². The molecule has 0 aliphatic carbocycles. The summed E-state index contributed by atoms with van der Waals surface area (Å²) in [4.78, 5) is 10.2. The first-order chi connectivity index (χ1) is 8.10. The Morgan fingerprint density at radius 2 is 1.82 bits per heavy atom. The SMILES string of the molecule is COc1cc(CF)c([N+](=O)[O-])c(OC)c1OC. The van der Waals surface area contributed by atoms with E-state index in [1.807, 2.05) is 0 Å². The summed E-state index contributed by atoms with van der Waals surface area (Å²) in [7, 11) is 3.91. The molecule has 1 rings (SSSR count). The van der Waals surface area contributed by atoms with Crippen molar-refractivity contribution in [1.82, 2.24) is 0 Å². The van der Waals surface area contributed by atoms with E-state index in [0.717, 1.165) is 0 Å². The summed E-state index contributed by atoms with van der Waals surface area (Å²) in [6.07, 6.45) is 0. The van der Waals surface area contributed by atoms with Crippen molar-refractivity contribution in [3.8, 4) is 17.2 Å². The van der Waals surface area contributed by atoms with Gasteiger partial charge in [0.1, 0.15) is 6.67 Å². The molecule has 0 aliphatic rings. The zero-order valence-electron chi connectivity index (χ0n) is 9.65. The second kappa shape index (κ2) is 5.33. The van der Waals surface area contributed by atoms with Gasteiger partial charge in [-0.2, -0.15) is 0 Å². The van der Waals surface area contributed by atoms with Crippen LogP contribution in [0.1, 0.15) is 5.56 Å². The topological polar surface area (TPSA) is 70.8 Å². The van der Waals surface area contributed by atoms with E-state index in [1.54, 1.807) is 0 Å². The highest BCUT2D eigenvalue weighted by molar-refractivity contribution is 5.66. The predicted molar refractivity (Wildman–Crippen MR) is 57.6 cm³/mol. The maximum absolute atomic E-state index is 12.8. The lowest BCUT2D eigenvalue weighted by molar-refractivity contribution is -0.386. The zero-order valence-corrected chi connectivity index (χ0v) is 9.65. The lowest BCUT2D eigenvalue weighted by Crippen LogP contribution is -2.02. The summed E-state index contributed by atoms with van der Waals surface area (Å²) in [5.74, 6) is 0.103. The Morgan fingerprint density at radius 3 is 2.18 bits per heavy atom. The number of nitro benzene ring substituents is 1. The third kappa shape index (κ3) is 2.22. The highest BCUT2D eigenvalue weighted by Gasteiger charge is 2.28. The Labute approximate surface area is 97.1 Å². The molecular formula is C10H12FNO5. The molecule has 0 saturated heterocycles. The van der Waals surface area contributed by atoms with Crippen molar-refractivity contribution in [3.05, 3.63) is 21.7 Å². The molecule has 94 valence electrons. The molecule has 0 radical (unpaired) electrons. The van der Waals surface area contributed by atoms with Crippen LogP contribution < -0.4 is 14.2 Å². The Balaban J connectivity index is 3.61. The highest BCUT2D eigenvalue weighted by Crippen LogP contribution is 2.46. The molecule has 7 heteroatoms. The number of benzene rings is 1. The van der Waals surface area contributed by atoms with Crippen LogP contribution >= 0.6 is 0 Å². The van der Waals surface area contributed by atoms with Gasteiger partial charge in [-0.25, -0.2) is 4.39 Å². The number of ether oxygens (including phenoxy) is 3. The average Bonchev–Trinajstić information content (AvgIpc) is 2.35. The first-order valence-corrected chi connectivity index (χ1v) is 4.62. The monoisotopic (exact) mass is 245 g/mol. The number of nitro groups is 1. The zero-order chi connectivity index (χ0) is 13.0. The summed E-state index contributed by atoms with van der Waals surface area (Å²) in [5, 5.41) is 10.9. The second-order valence-corrected chi connectivity index (χ2v) is 3.04. The molecule has 0 aromatic heterocycles. The summed E-state index contributed by atoms with van der Waals surface area (Å²) < 4.78 is 27.6. The Kier molecular flexibility index (Phi) is 4.08. The van der Waals surface area contributed by atoms with E-state index in [2.05, 4.69) is 0 Å². The van der Waals surface area contributed by atoms with Crippen LogP contribution in [0.15, 0.2) is 6.07 Å². The van der Waals surface area contributed by atoms with Crippen molar-refractivity contribution in [2.75, 3.05) is 21.3 Å². The van der Waals surface area contributed by atoms with Gasteiger partial charge >= 0.3 is 5.69 Å². The van der Waals surface area contributed by atoms with Crippen LogP contribution in [0.2, 0.25) is 0 Å².